The van der Waals surface area contributed by atoms with E-state index < -0.39 is 0 Å². The molecule has 0 bridgehead atoms. The number of fused-ring (bicyclic) bond motifs is 3. The second-order valence-corrected chi connectivity index (χ2v) is 11.5. The fraction of sp³-hybridized carbons (Fsp3) is 0.0732. The van der Waals surface area contributed by atoms with Crippen molar-refractivity contribution < 1.29 is 0 Å². The van der Waals surface area contributed by atoms with Crippen LogP contribution in [0.5, 0.6) is 0 Å². The minimum atomic E-state index is 0.923. The molecule has 0 radical (unpaired) electrons. The zero-order valence-electron chi connectivity index (χ0n) is 24.1. The van der Waals surface area contributed by atoms with Crippen LogP contribution in [0.2, 0.25) is 0 Å². The SMILES string of the molecule is CC1=Cc2ccc(-c3c4ccccc4c(-c4cccc(-c5cccc(-c6cccnc6)n5)c4)c4ccccc34)cc2CC1. The monoisotopic (exact) mass is 550 g/mol. The van der Waals surface area contributed by atoms with E-state index in [4.69, 9.17) is 4.98 Å². The third-order valence-electron chi connectivity index (χ3n) is 8.71. The van der Waals surface area contributed by atoms with E-state index in [1.54, 1.807) is 6.20 Å². The van der Waals surface area contributed by atoms with Gasteiger partial charge in [0, 0.05) is 23.5 Å². The average Bonchev–Trinajstić information content (AvgIpc) is 3.07. The fourth-order valence-corrected chi connectivity index (χ4v) is 6.64. The molecule has 0 unspecified atom stereocenters. The van der Waals surface area contributed by atoms with Gasteiger partial charge in [-0.3, -0.25) is 4.98 Å². The zero-order chi connectivity index (χ0) is 28.8. The van der Waals surface area contributed by atoms with Gasteiger partial charge in [0.25, 0.3) is 0 Å². The van der Waals surface area contributed by atoms with E-state index in [1.165, 1.54) is 60.5 Å². The van der Waals surface area contributed by atoms with Gasteiger partial charge in [0.05, 0.1) is 11.4 Å². The molecule has 5 aromatic carbocycles. The van der Waals surface area contributed by atoms with Gasteiger partial charge in [-0.05, 0) is 105 Å². The molecule has 1 aliphatic carbocycles. The number of nitrogens with zero attached hydrogens (tertiary/aromatic N) is 2. The van der Waals surface area contributed by atoms with Crippen molar-refractivity contribution in [3.63, 3.8) is 0 Å². The van der Waals surface area contributed by atoms with Gasteiger partial charge in [-0.1, -0.05) is 103 Å². The molecule has 0 atom stereocenters. The highest BCUT2D eigenvalue weighted by Crippen LogP contribution is 2.44. The van der Waals surface area contributed by atoms with Crippen LogP contribution in [-0.2, 0) is 6.42 Å². The van der Waals surface area contributed by atoms with Crippen LogP contribution in [0.1, 0.15) is 24.5 Å². The highest BCUT2D eigenvalue weighted by molar-refractivity contribution is 6.21. The van der Waals surface area contributed by atoms with E-state index in [1.807, 2.05) is 18.3 Å². The Hall–Kier alpha value is -5.34. The molecule has 0 spiro atoms. The molecular weight excluding hydrogens is 520 g/mol. The normalized spacial score (nSPS) is 12.7. The summed E-state index contributed by atoms with van der Waals surface area (Å²) in [6, 6.07) is 43.9. The first-order chi connectivity index (χ1) is 21.2. The highest BCUT2D eigenvalue weighted by Gasteiger charge is 2.18. The summed E-state index contributed by atoms with van der Waals surface area (Å²) in [5, 5.41) is 5.08. The van der Waals surface area contributed by atoms with E-state index >= 15 is 0 Å². The fourth-order valence-electron chi connectivity index (χ4n) is 6.64. The Bertz CT molecular complexity index is 2130. The molecule has 43 heavy (non-hydrogen) atoms. The maximum absolute atomic E-state index is 5.02. The van der Waals surface area contributed by atoms with Crippen LogP contribution in [0.15, 0.2) is 139 Å². The Kier molecular flexibility index (Phi) is 6.19. The summed E-state index contributed by atoms with van der Waals surface area (Å²) in [6.07, 6.45) is 8.23. The van der Waals surface area contributed by atoms with Crippen LogP contribution in [0, 0.1) is 0 Å². The van der Waals surface area contributed by atoms with Crippen LogP contribution >= 0.6 is 0 Å². The summed E-state index contributed by atoms with van der Waals surface area (Å²) in [5.74, 6) is 0. The Balaban J connectivity index is 1.33. The van der Waals surface area contributed by atoms with Gasteiger partial charge < -0.3 is 0 Å². The molecule has 0 saturated heterocycles. The molecular formula is C41H30N2. The lowest BCUT2D eigenvalue weighted by Crippen LogP contribution is -1.98. The Morgan fingerprint density at radius 2 is 1.12 bits per heavy atom. The number of hydrogen-bond acceptors (Lipinski definition) is 2. The second-order valence-electron chi connectivity index (χ2n) is 11.5. The van der Waals surface area contributed by atoms with Crippen LogP contribution in [0.25, 0.3) is 72.4 Å². The molecule has 204 valence electrons. The van der Waals surface area contributed by atoms with Crippen molar-refractivity contribution in [2.24, 2.45) is 0 Å². The van der Waals surface area contributed by atoms with Crippen LogP contribution in [0.4, 0.5) is 0 Å². The van der Waals surface area contributed by atoms with E-state index in [0.717, 1.165) is 35.4 Å². The van der Waals surface area contributed by atoms with Crippen LogP contribution < -0.4 is 0 Å². The molecule has 0 amide bonds. The molecule has 1 aliphatic rings. The topological polar surface area (TPSA) is 25.8 Å². The lowest BCUT2D eigenvalue weighted by Gasteiger charge is -2.20. The summed E-state index contributed by atoms with van der Waals surface area (Å²) in [6.45, 7) is 2.24. The number of aromatic nitrogens is 2. The first-order valence-corrected chi connectivity index (χ1v) is 15.0. The van der Waals surface area contributed by atoms with Crippen molar-refractivity contribution >= 4 is 27.6 Å². The number of hydrogen-bond donors (Lipinski definition) is 0. The quantitative estimate of drug-likeness (QED) is 0.204. The highest BCUT2D eigenvalue weighted by atomic mass is 14.7. The first kappa shape index (κ1) is 25.4. The summed E-state index contributed by atoms with van der Waals surface area (Å²) >= 11 is 0. The van der Waals surface area contributed by atoms with Crippen molar-refractivity contribution in [1.29, 1.82) is 0 Å². The summed E-state index contributed by atoms with van der Waals surface area (Å²) in [4.78, 5) is 9.31. The largest absolute Gasteiger partial charge is 0.264 e. The first-order valence-electron chi connectivity index (χ1n) is 15.0. The molecule has 2 heterocycles. The molecule has 0 N–H and O–H groups in total. The van der Waals surface area contributed by atoms with Crippen molar-refractivity contribution in [3.8, 4) is 44.8 Å². The van der Waals surface area contributed by atoms with Gasteiger partial charge in [-0.25, -0.2) is 4.98 Å². The van der Waals surface area contributed by atoms with Crippen molar-refractivity contribution in [2.75, 3.05) is 0 Å². The molecule has 2 heteroatoms. The Morgan fingerprint density at radius 1 is 0.512 bits per heavy atom. The van der Waals surface area contributed by atoms with Gasteiger partial charge in [0.15, 0.2) is 0 Å². The molecule has 2 aromatic heterocycles. The summed E-state index contributed by atoms with van der Waals surface area (Å²) in [7, 11) is 0. The third-order valence-corrected chi connectivity index (χ3v) is 8.71. The van der Waals surface area contributed by atoms with Crippen LogP contribution in [-0.4, -0.2) is 9.97 Å². The van der Waals surface area contributed by atoms with E-state index in [9.17, 15) is 0 Å². The second kappa shape index (κ2) is 10.5. The Morgan fingerprint density at radius 3 is 1.79 bits per heavy atom. The summed E-state index contributed by atoms with van der Waals surface area (Å²) < 4.78 is 0. The van der Waals surface area contributed by atoms with Gasteiger partial charge >= 0.3 is 0 Å². The van der Waals surface area contributed by atoms with E-state index in [2.05, 4.69) is 127 Å². The van der Waals surface area contributed by atoms with E-state index in [-0.39, 0.29) is 0 Å². The molecule has 0 fully saturated rings. The molecule has 2 nitrogen and oxygen atoms in total. The van der Waals surface area contributed by atoms with Crippen LogP contribution in [0.3, 0.4) is 0 Å². The number of pyridine rings is 2. The molecule has 0 aliphatic heterocycles. The zero-order valence-corrected chi connectivity index (χ0v) is 24.1. The molecule has 7 aromatic rings. The number of benzene rings is 5. The minimum absolute atomic E-state index is 0.923. The number of rotatable bonds is 4. The predicted molar refractivity (Wildman–Crippen MR) is 181 cm³/mol. The average molecular weight is 551 g/mol. The van der Waals surface area contributed by atoms with Crippen molar-refractivity contribution in [1.82, 2.24) is 9.97 Å². The van der Waals surface area contributed by atoms with E-state index in [0.29, 0.717) is 0 Å². The minimum Gasteiger partial charge on any atom is -0.264 e. The lowest BCUT2D eigenvalue weighted by molar-refractivity contribution is 0.928. The van der Waals surface area contributed by atoms with Gasteiger partial charge in [0.2, 0.25) is 0 Å². The maximum Gasteiger partial charge on any atom is 0.0725 e. The van der Waals surface area contributed by atoms with Crippen molar-refractivity contribution in [3.05, 3.63) is 150 Å². The summed E-state index contributed by atoms with van der Waals surface area (Å²) in [5.41, 5.74) is 13.3. The van der Waals surface area contributed by atoms with Gasteiger partial charge in [0.1, 0.15) is 0 Å². The van der Waals surface area contributed by atoms with Crippen molar-refractivity contribution in [2.45, 2.75) is 19.8 Å². The number of aryl methyl sites for hydroxylation is 1. The Labute approximate surface area is 252 Å². The smallest absolute Gasteiger partial charge is 0.0725 e. The maximum atomic E-state index is 5.02. The lowest BCUT2D eigenvalue weighted by atomic mass is 9.84. The third kappa shape index (κ3) is 4.52. The van der Waals surface area contributed by atoms with Gasteiger partial charge in [-0.15, -0.1) is 0 Å². The standard InChI is InChI=1S/C41H30N2/c1-27-18-19-29-24-32(21-20-28(29)23-27)41-36-14-4-2-12-34(36)40(35-13-3-5-15-37(35)41)31-10-6-9-30(25-31)38-16-7-17-39(43-38)33-11-8-22-42-26-33/h2-17,20-26H,18-19H2,1H3. The van der Waals surface area contributed by atoms with Gasteiger partial charge in [-0.2, -0.15) is 0 Å². The predicted octanol–water partition coefficient (Wildman–Crippen LogP) is 10.8. The molecule has 8 rings (SSSR count). The number of allylic oxidation sites excluding steroid dienone is 1. The molecule has 0 saturated carbocycles.